The van der Waals surface area contributed by atoms with Crippen molar-refractivity contribution in [3.8, 4) is 44.5 Å². The van der Waals surface area contributed by atoms with Crippen LogP contribution in [0.5, 0.6) is 0 Å². The minimum Gasteiger partial charge on any atom is -0.309 e. The van der Waals surface area contributed by atoms with E-state index in [1.165, 1.54) is 72.3 Å². The average Bonchev–Trinajstić information content (AvgIpc) is 3.63. The van der Waals surface area contributed by atoms with Crippen molar-refractivity contribution in [1.29, 1.82) is 0 Å². The first-order valence-corrected chi connectivity index (χ1v) is 19.0. The largest absolute Gasteiger partial charge is 0.309 e. The lowest BCUT2D eigenvalue weighted by Gasteiger charge is -2.33. The van der Waals surface area contributed by atoms with Crippen LogP contribution in [0, 0.1) is 0 Å². The molecule has 0 N–H and O–H groups in total. The molecule has 0 amide bonds. The van der Waals surface area contributed by atoms with E-state index in [9.17, 15) is 0 Å². The van der Waals surface area contributed by atoms with Gasteiger partial charge in [0, 0.05) is 27.6 Å². The first kappa shape index (κ1) is 32.2. The average molecular weight is 692 g/mol. The van der Waals surface area contributed by atoms with Crippen molar-refractivity contribution in [2.45, 2.75) is 31.6 Å². The molecular weight excluding hydrogens is 651 g/mol. The molecule has 0 spiro atoms. The van der Waals surface area contributed by atoms with Crippen LogP contribution in [-0.2, 0) is 10.8 Å². The highest BCUT2D eigenvalue weighted by Gasteiger charge is 2.41. The highest BCUT2D eigenvalue weighted by Crippen LogP contribution is 2.56. The van der Waals surface area contributed by atoms with E-state index in [0.717, 1.165) is 17.1 Å². The molecule has 54 heavy (non-hydrogen) atoms. The fourth-order valence-electron chi connectivity index (χ4n) is 9.52. The molecule has 0 aliphatic heterocycles. The maximum atomic E-state index is 2.51. The molecule has 0 saturated carbocycles. The Morgan fingerprint density at radius 1 is 0.352 bits per heavy atom. The summed E-state index contributed by atoms with van der Waals surface area (Å²) in [6.07, 6.45) is 0. The molecule has 8 aromatic carbocycles. The Balaban J connectivity index is 1.25. The number of rotatable bonds is 6. The van der Waals surface area contributed by atoms with Gasteiger partial charge in [0.05, 0.1) is 11.4 Å². The van der Waals surface area contributed by atoms with Crippen molar-refractivity contribution in [3.05, 3.63) is 222 Å². The second-order valence-corrected chi connectivity index (χ2v) is 15.4. The highest BCUT2D eigenvalue weighted by atomic mass is 15.1. The van der Waals surface area contributed by atoms with Crippen LogP contribution in [0.15, 0.2) is 194 Å². The third kappa shape index (κ3) is 4.71. The van der Waals surface area contributed by atoms with Gasteiger partial charge in [0.1, 0.15) is 0 Å². The van der Waals surface area contributed by atoms with Gasteiger partial charge in [-0.1, -0.05) is 184 Å². The molecule has 10 rings (SSSR count). The first-order valence-electron chi connectivity index (χ1n) is 19.0. The summed E-state index contributed by atoms with van der Waals surface area (Å²) in [6, 6.07) is 71.7. The van der Waals surface area contributed by atoms with E-state index in [0.29, 0.717) is 0 Å². The summed E-state index contributed by atoms with van der Waals surface area (Å²) in [5.41, 5.74) is 19.8. The maximum Gasteiger partial charge on any atom is 0.0540 e. The third-order valence-electron chi connectivity index (χ3n) is 12.2. The van der Waals surface area contributed by atoms with Gasteiger partial charge in [-0.3, -0.25) is 0 Å². The Hall–Kier alpha value is -6.44. The zero-order valence-electron chi connectivity index (χ0n) is 30.9. The van der Waals surface area contributed by atoms with Crippen molar-refractivity contribution in [1.82, 2.24) is 0 Å². The van der Waals surface area contributed by atoms with E-state index in [1.54, 1.807) is 0 Å². The number of benzene rings is 8. The molecule has 2 aliphatic carbocycles. The van der Waals surface area contributed by atoms with E-state index >= 15 is 0 Å². The van der Waals surface area contributed by atoms with Crippen LogP contribution >= 0.6 is 0 Å². The third-order valence-corrected chi connectivity index (χ3v) is 12.2. The van der Waals surface area contributed by atoms with Crippen LogP contribution in [-0.4, -0.2) is 0 Å². The van der Waals surface area contributed by atoms with Gasteiger partial charge < -0.3 is 4.90 Å². The van der Waals surface area contributed by atoms with Gasteiger partial charge in [-0.25, -0.2) is 0 Å². The van der Waals surface area contributed by atoms with E-state index < -0.39 is 0 Å². The standard InChI is InChI=1S/C53H41N/c1-52(2)45-28-14-11-26-44(45)51-43(27-18-30-47(51)52)42-25-13-17-32-50(42)54(49-31-16-12-23-39(49)36-19-6-4-7-20-36)38-33-34-41-40-24-10-15-29-46(40)53(3,48(41)35-38)37-21-8-5-9-22-37/h4-35H,1-3H3. The molecule has 0 radical (unpaired) electrons. The molecule has 258 valence electrons. The zero-order chi connectivity index (χ0) is 36.4. The Morgan fingerprint density at radius 3 is 1.61 bits per heavy atom. The van der Waals surface area contributed by atoms with Gasteiger partial charge in [-0.15, -0.1) is 0 Å². The predicted octanol–water partition coefficient (Wildman–Crippen LogP) is 14.1. The van der Waals surface area contributed by atoms with Gasteiger partial charge in [-0.2, -0.15) is 0 Å². The van der Waals surface area contributed by atoms with Crippen LogP contribution in [0.4, 0.5) is 17.1 Å². The minimum absolute atomic E-state index is 0.0899. The van der Waals surface area contributed by atoms with E-state index in [-0.39, 0.29) is 10.8 Å². The quantitative estimate of drug-likeness (QED) is 0.168. The molecule has 0 heterocycles. The molecule has 0 saturated heterocycles. The van der Waals surface area contributed by atoms with Gasteiger partial charge >= 0.3 is 0 Å². The second-order valence-electron chi connectivity index (χ2n) is 15.4. The van der Waals surface area contributed by atoms with Crippen LogP contribution in [0.2, 0.25) is 0 Å². The summed E-state index contributed by atoms with van der Waals surface area (Å²) in [4.78, 5) is 2.51. The number of nitrogens with zero attached hydrogens (tertiary/aromatic N) is 1. The molecule has 0 fully saturated rings. The fourth-order valence-corrected chi connectivity index (χ4v) is 9.52. The molecule has 0 bridgehead atoms. The molecule has 0 aromatic heterocycles. The lowest BCUT2D eigenvalue weighted by Crippen LogP contribution is -2.23. The van der Waals surface area contributed by atoms with Crippen molar-refractivity contribution in [2.24, 2.45) is 0 Å². The van der Waals surface area contributed by atoms with E-state index in [4.69, 9.17) is 0 Å². The Bertz CT molecular complexity index is 2700. The first-order chi connectivity index (χ1) is 26.5. The smallest absolute Gasteiger partial charge is 0.0540 e. The number of anilines is 3. The van der Waals surface area contributed by atoms with Crippen molar-refractivity contribution >= 4 is 17.1 Å². The highest BCUT2D eigenvalue weighted by molar-refractivity contribution is 6.00. The Kier molecular flexibility index (Phi) is 7.35. The molecule has 1 heteroatoms. The Labute approximate surface area is 318 Å². The Morgan fingerprint density at radius 2 is 0.870 bits per heavy atom. The van der Waals surface area contributed by atoms with Crippen molar-refractivity contribution < 1.29 is 0 Å². The zero-order valence-corrected chi connectivity index (χ0v) is 30.9. The van der Waals surface area contributed by atoms with Gasteiger partial charge in [-0.05, 0) is 92.4 Å². The molecular formula is C53H41N. The van der Waals surface area contributed by atoms with Crippen LogP contribution in [0.1, 0.15) is 48.6 Å². The summed E-state index contributed by atoms with van der Waals surface area (Å²) in [6.45, 7) is 7.13. The van der Waals surface area contributed by atoms with Crippen molar-refractivity contribution in [2.75, 3.05) is 4.90 Å². The molecule has 1 unspecified atom stereocenters. The molecule has 1 atom stereocenters. The van der Waals surface area contributed by atoms with E-state index in [1.807, 2.05) is 0 Å². The summed E-state index contributed by atoms with van der Waals surface area (Å²) >= 11 is 0. The summed E-state index contributed by atoms with van der Waals surface area (Å²) in [5, 5.41) is 0. The lowest BCUT2D eigenvalue weighted by atomic mass is 9.74. The van der Waals surface area contributed by atoms with Crippen LogP contribution in [0.3, 0.4) is 0 Å². The lowest BCUT2D eigenvalue weighted by molar-refractivity contribution is 0.660. The summed E-state index contributed by atoms with van der Waals surface area (Å²) in [5.74, 6) is 0. The van der Waals surface area contributed by atoms with Crippen LogP contribution < -0.4 is 4.90 Å². The van der Waals surface area contributed by atoms with Gasteiger partial charge in [0.25, 0.3) is 0 Å². The minimum atomic E-state index is -0.317. The SMILES string of the molecule is CC1(C)c2ccccc2-c2c(-c3ccccc3N(c3ccc4c(c3)C(C)(c3ccccc3)c3ccccc3-4)c3ccccc3-c3ccccc3)cccc21. The second kappa shape index (κ2) is 12.3. The normalized spacial score (nSPS) is 15.9. The molecule has 2 aliphatic rings. The summed E-state index contributed by atoms with van der Waals surface area (Å²) in [7, 11) is 0. The monoisotopic (exact) mass is 691 g/mol. The topological polar surface area (TPSA) is 3.24 Å². The predicted molar refractivity (Wildman–Crippen MR) is 227 cm³/mol. The maximum absolute atomic E-state index is 2.51. The number of para-hydroxylation sites is 2. The number of hydrogen-bond donors (Lipinski definition) is 0. The van der Waals surface area contributed by atoms with E-state index in [2.05, 4.69) is 220 Å². The number of fused-ring (bicyclic) bond motifs is 6. The van der Waals surface area contributed by atoms with Gasteiger partial charge in [0.15, 0.2) is 0 Å². The molecule has 1 nitrogen and oxygen atoms in total. The summed E-state index contributed by atoms with van der Waals surface area (Å²) < 4.78 is 0. The van der Waals surface area contributed by atoms with Gasteiger partial charge in [0.2, 0.25) is 0 Å². The van der Waals surface area contributed by atoms with Crippen LogP contribution in [0.25, 0.3) is 44.5 Å². The fraction of sp³-hybridized carbons (Fsp3) is 0.0943. The molecule has 8 aromatic rings. The number of hydrogen-bond acceptors (Lipinski definition) is 1. The van der Waals surface area contributed by atoms with Crippen molar-refractivity contribution in [3.63, 3.8) is 0 Å².